The third-order valence-electron chi connectivity index (χ3n) is 16.1. The minimum Gasteiger partial charge on any atom is -0.394 e. The van der Waals surface area contributed by atoms with Crippen LogP contribution in [0.3, 0.4) is 0 Å². The normalized spacial score (nSPS) is 13.3. The minimum atomic E-state index is -0.846. The Balaban J connectivity index is 3.48. The second-order valence-electron chi connectivity index (χ2n) is 23.9. The van der Waals surface area contributed by atoms with E-state index >= 15 is 0 Å². The van der Waals surface area contributed by atoms with Crippen LogP contribution in [0.2, 0.25) is 0 Å². The van der Waals surface area contributed by atoms with Crippen molar-refractivity contribution >= 4 is 5.91 Å². The van der Waals surface area contributed by atoms with Gasteiger partial charge in [-0.2, -0.15) is 0 Å². The van der Waals surface area contributed by atoms with E-state index in [1.807, 2.05) is 6.08 Å². The highest BCUT2D eigenvalue weighted by Crippen LogP contribution is 2.18. The molecule has 0 fully saturated rings. The molecule has 0 bridgehead atoms. The largest absolute Gasteiger partial charge is 0.394 e. The third-order valence-corrected chi connectivity index (χ3v) is 16.1. The minimum absolute atomic E-state index is 0.0621. The smallest absolute Gasteiger partial charge is 0.220 e. The highest BCUT2D eigenvalue weighted by atomic mass is 16.3. The molecule has 0 aromatic rings. The molecular weight excluding hydrogens is 975 g/mol. The Hall–Kier alpha value is -2.69. The van der Waals surface area contributed by atoms with Crippen LogP contribution < -0.4 is 5.32 Å². The zero-order chi connectivity index (χ0) is 57.6. The Morgan fingerprint density at radius 3 is 0.825 bits per heavy atom. The zero-order valence-electron chi connectivity index (χ0n) is 53.6. The van der Waals surface area contributed by atoms with Crippen molar-refractivity contribution in [3.05, 3.63) is 97.2 Å². The van der Waals surface area contributed by atoms with Gasteiger partial charge in [0, 0.05) is 6.42 Å². The number of aliphatic hydroxyl groups is 2. The fourth-order valence-corrected chi connectivity index (χ4v) is 10.8. The molecule has 0 aliphatic carbocycles. The standard InChI is InChI=1S/C76H137NO3/c1-3-5-7-9-11-13-15-17-19-21-23-25-27-29-31-33-35-36-37-38-39-40-42-44-46-48-50-52-54-56-58-60-62-64-66-68-70-72-76(80)77-74(73-78)75(79)71-69-67-65-63-61-59-57-55-53-51-49-47-45-43-41-34-32-30-28-26-24-22-20-18-16-14-12-10-8-6-4-2/h5,7,11,13,17,19,23,25,29,31,35-36,38-39,69,71,74-75,78-79H,3-4,6,8-10,12,14-16,18,20-22,24,26-28,30,32-34,37,40-68,70,72-73H2,1-2H3,(H,77,80)/b7-5-,13-11-,19-17-,25-23-,31-29-,36-35-,39-38-,71-69+. The van der Waals surface area contributed by atoms with Crippen molar-refractivity contribution in [2.24, 2.45) is 0 Å². The lowest BCUT2D eigenvalue weighted by molar-refractivity contribution is -0.123. The number of rotatable bonds is 65. The number of unbranched alkanes of at least 4 members (excludes halogenated alkanes) is 44. The van der Waals surface area contributed by atoms with Crippen LogP contribution in [0.25, 0.3) is 0 Å². The number of aliphatic hydroxyl groups excluding tert-OH is 2. The van der Waals surface area contributed by atoms with Gasteiger partial charge in [0.05, 0.1) is 18.8 Å². The molecule has 1 amide bonds. The Bertz CT molecular complexity index is 1450. The predicted molar refractivity (Wildman–Crippen MR) is 359 cm³/mol. The topological polar surface area (TPSA) is 69.6 Å². The lowest BCUT2D eigenvalue weighted by Crippen LogP contribution is -2.45. The molecular formula is C76H137NO3. The number of hydrogen-bond acceptors (Lipinski definition) is 3. The van der Waals surface area contributed by atoms with Crippen molar-refractivity contribution in [3.8, 4) is 0 Å². The molecule has 0 saturated carbocycles. The monoisotopic (exact) mass is 1110 g/mol. The fraction of sp³-hybridized carbons (Fsp3) is 0.776. The molecule has 0 spiro atoms. The molecule has 0 saturated heterocycles. The maximum Gasteiger partial charge on any atom is 0.220 e. The van der Waals surface area contributed by atoms with E-state index in [2.05, 4.69) is 104 Å². The number of nitrogens with one attached hydrogen (secondary N) is 1. The first kappa shape index (κ1) is 77.3. The number of amides is 1. The summed E-state index contributed by atoms with van der Waals surface area (Å²) in [5.74, 6) is -0.0621. The maximum absolute atomic E-state index is 12.5. The Labute approximate surface area is 500 Å². The fourth-order valence-electron chi connectivity index (χ4n) is 10.8. The summed E-state index contributed by atoms with van der Waals surface area (Å²) in [7, 11) is 0. The van der Waals surface area contributed by atoms with Crippen LogP contribution in [0.4, 0.5) is 0 Å². The molecule has 4 heteroatoms. The molecule has 0 aromatic carbocycles. The first-order valence-electron chi connectivity index (χ1n) is 35.5. The number of carbonyl (C=O) groups is 1. The predicted octanol–water partition coefficient (Wildman–Crippen LogP) is 24.4. The molecule has 3 N–H and O–H groups in total. The zero-order valence-corrected chi connectivity index (χ0v) is 53.6. The van der Waals surface area contributed by atoms with Gasteiger partial charge in [0.2, 0.25) is 5.91 Å². The molecule has 4 nitrogen and oxygen atoms in total. The second-order valence-corrected chi connectivity index (χ2v) is 23.9. The molecule has 0 heterocycles. The van der Waals surface area contributed by atoms with E-state index in [0.29, 0.717) is 6.42 Å². The number of carbonyl (C=O) groups excluding carboxylic acids is 1. The van der Waals surface area contributed by atoms with E-state index in [0.717, 1.165) is 70.6 Å². The number of hydrogen-bond donors (Lipinski definition) is 3. The molecule has 2 atom stereocenters. The Morgan fingerprint density at radius 1 is 0.312 bits per heavy atom. The van der Waals surface area contributed by atoms with Crippen LogP contribution in [-0.2, 0) is 4.79 Å². The summed E-state index contributed by atoms with van der Waals surface area (Å²) in [4.78, 5) is 12.5. The molecule has 0 radical (unpaired) electrons. The summed E-state index contributed by atoms with van der Waals surface area (Å²) in [5.41, 5.74) is 0. The van der Waals surface area contributed by atoms with Crippen LogP contribution >= 0.6 is 0 Å². The summed E-state index contributed by atoms with van der Waals surface area (Å²) in [6.45, 7) is 4.23. The Morgan fingerprint density at radius 2 is 0.550 bits per heavy atom. The molecule has 0 aliphatic rings. The van der Waals surface area contributed by atoms with Gasteiger partial charge < -0.3 is 15.5 Å². The van der Waals surface area contributed by atoms with E-state index in [-0.39, 0.29) is 12.5 Å². The van der Waals surface area contributed by atoms with Crippen LogP contribution in [0.5, 0.6) is 0 Å². The average Bonchev–Trinajstić information content (AvgIpc) is 3.46. The van der Waals surface area contributed by atoms with Crippen molar-refractivity contribution in [2.75, 3.05) is 6.61 Å². The molecule has 0 aromatic heterocycles. The van der Waals surface area contributed by atoms with E-state index < -0.39 is 12.1 Å². The van der Waals surface area contributed by atoms with Crippen LogP contribution in [0, 0.1) is 0 Å². The van der Waals surface area contributed by atoms with E-state index in [4.69, 9.17) is 0 Å². The van der Waals surface area contributed by atoms with Gasteiger partial charge in [-0.1, -0.05) is 374 Å². The van der Waals surface area contributed by atoms with E-state index in [9.17, 15) is 15.0 Å². The van der Waals surface area contributed by atoms with Crippen LogP contribution in [-0.4, -0.2) is 34.9 Å². The first-order valence-corrected chi connectivity index (χ1v) is 35.5. The summed E-state index contributed by atoms with van der Waals surface area (Å²) in [6.07, 6.45) is 105. The SMILES string of the molecule is CC/C=C\C/C=C\C/C=C\C/C=C\C/C=C\C/C=C\C/C=C\CCCCCCCCCCCCCCCCCC(=O)NC(CO)C(O)/C=C/CCCCCCCCCCCCCCCCCCCCCCCCCCCCCCC. The van der Waals surface area contributed by atoms with Crippen molar-refractivity contribution in [1.29, 1.82) is 0 Å². The van der Waals surface area contributed by atoms with Gasteiger partial charge >= 0.3 is 0 Å². The Kier molecular flexibility index (Phi) is 68.2. The van der Waals surface area contributed by atoms with Crippen molar-refractivity contribution < 1.29 is 15.0 Å². The summed E-state index contributed by atoms with van der Waals surface area (Å²) < 4.78 is 0. The maximum atomic E-state index is 12.5. The van der Waals surface area contributed by atoms with Crippen LogP contribution in [0.1, 0.15) is 361 Å². The van der Waals surface area contributed by atoms with E-state index in [1.54, 1.807) is 6.08 Å². The van der Waals surface area contributed by atoms with Gasteiger partial charge in [0.15, 0.2) is 0 Å². The highest BCUT2D eigenvalue weighted by molar-refractivity contribution is 5.76. The second kappa shape index (κ2) is 70.6. The highest BCUT2D eigenvalue weighted by Gasteiger charge is 2.18. The molecule has 464 valence electrons. The summed E-state index contributed by atoms with van der Waals surface area (Å²) >= 11 is 0. The van der Waals surface area contributed by atoms with Crippen molar-refractivity contribution in [2.45, 2.75) is 373 Å². The molecule has 80 heavy (non-hydrogen) atoms. The van der Waals surface area contributed by atoms with Crippen molar-refractivity contribution in [1.82, 2.24) is 5.32 Å². The average molecular weight is 1110 g/mol. The van der Waals surface area contributed by atoms with E-state index in [1.165, 1.54) is 270 Å². The van der Waals surface area contributed by atoms with Gasteiger partial charge in [0.1, 0.15) is 0 Å². The first-order chi connectivity index (χ1) is 39.7. The molecule has 0 aliphatic heterocycles. The molecule has 0 rings (SSSR count). The third kappa shape index (κ3) is 66.1. The van der Waals surface area contributed by atoms with Gasteiger partial charge in [0.25, 0.3) is 0 Å². The van der Waals surface area contributed by atoms with Crippen molar-refractivity contribution in [3.63, 3.8) is 0 Å². The van der Waals surface area contributed by atoms with Gasteiger partial charge in [-0.05, 0) is 77.0 Å². The van der Waals surface area contributed by atoms with Gasteiger partial charge in [-0.3, -0.25) is 4.79 Å². The lowest BCUT2D eigenvalue weighted by Gasteiger charge is -2.20. The summed E-state index contributed by atoms with van der Waals surface area (Å²) in [6, 6.07) is -0.629. The lowest BCUT2D eigenvalue weighted by atomic mass is 10.0. The number of allylic oxidation sites excluding steroid dienone is 15. The van der Waals surface area contributed by atoms with Gasteiger partial charge in [-0.25, -0.2) is 0 Å². The summed E-state index contributed by atoms with van der Waals surface area (Å²) in [5, 5.41) is 23.3. The van der Waals surface area contributed by atoms with Crippen LogP contribution in [0.15, 0.2) is 97.2 Å². The molecule has 2 unspecified atom stereocenters. The van der Waals surface area contributed by atoms with Gasteiger partial charge in [-0.15, -0.1) is 0 Å². The quantitative estimate of drug-likeness (QED) is 0.0420.